The van der Waals surface area contributed by atoms with Crippen LogP contribution in [0.15, 0.2) is 48.5 Å². The number of carbonyl (C=O) groups is 1. The number of anilines is 1. The summed E-state index contributed by atoms with van der Waals surface area (Å²) in [6.45, 7) is 2.14. The van der Waals surface area contributed by atoms with E-state index in [4.69, 9.17) is 0 Å². The summed E-state index contributed by atoms with van der Waals surface area (Å²) >= 11 is 1.82. The molecule has 0 radical (unpaired) electrons. The molecule has 3 aromatic rings. The maximum Gasteiger partial charge on any atom is 0.251 e. The largest absolute Gasteiger partial charge is 0.382 e. The van der Waals surface area contributed by atoms with E-state index in [-0.39, 0.29) is 17.8 Å². The van der Waals surface area contributed by atoms with Crippen molar-refractivity contribution in [3.8, 4) is 0 Å². The van der Waals surface area contributed by atoms with Crippen molar-refractivity contribution in [1.29, 1.82) is 0 Å². The number of hydrogen-bond acceptors (Lipinski definition) is 3. The Bertz CT molecular complexity index is 943. The molecule has 1 heterocycles. The van der Waals surface area contributed by atoms with Gasteiger partial charge in [-0.25, -0.2) is 4.39 Å². The highest BCUT2D eigenvalue weighted by Crippen LogP contribution is 2.32. The smallest absolute Gasteiger partial charge is 0.251 e. The van der Waals surface area contributed by atoms with Gasteiger partial charge in [0.2, 0.25) is 0 Å². The summed E-state index contributed by atoms with van der Waals surface area (Å²) in [5.41, 5.74) is 1.71. The molecule has 0 saturated heterocycles. The Hall–Kier alpha value is -2.40. The molecular weight excluding hydrogens is 359 g/mol. The Labute approximate surface area is 162 Å². The van der Waals surface area contributed by atoms with Gasteiger partial charge in [0, 0.05) is 38.3 Å². The molecule has 1 fully saturated rings. The number of rotatable bonds is 4. The first-order chi connectivity index (χ1) is 13.1. The highest BCUT2D eigenvalue weighted by Gasteiger charge is 2.23. The van der Waals surface area contributed by atoms with Gasteiger partial charge in [-0.2, -0.15) is 0 Å². The molecule has 0 spiro atoms. The van der Waals surface area contributed by atoms with Gasteiger partial charge in [0.05, 0.1) is 0 Å². The zero-order valence-electron chi connectivity index (χ0n) is 15.3. The van der Waals surface area contributed by atoms with E-state index in [1.54, 1.807) is 0 Å². The van der Waals surface area contributed by atoms with Crippen LogP contribution in [0, 0.1) is 12.7 Å². The third kappa shape index (κ3) is 4.14. The quantitative estimate of drug-likeness (QED) is 0.625. The molecule has 5 heteroatoms. The van der Waals surface area contributed by atoms with Crippen LogP contribution < -0.4 is 10.6 Å². The maximum atomic E-state index is 13.0. The van der Waals surface area contributed by atoms with Gasteiger partial charge in [0.1, 0.15) is 5.82 Å². The van der Waals surface area contributed by atoms with E-state index in [1.807, 2.05) is 11.3 Å². The minimum absolute atomic E-state index is 0.120. The Morgan fingerprint density at radius 3 is 2.48 bits per heavy atom. The molecule has 27 heavy (non-hydrogen) atoms. The van der Waals surface area contributed by atoms with Gasteiger partial charge < -0.3 is 10.6 Å². The lowest BCUT2D eigenvalue weighted by molar-refractivity contribution is 0.0926. The first kappa shape index (κ1) is 18.0. The van der Waals surface area contributed by atoms with Crippen LogP contribution in [0.25, 0.3) is 10.1 Å². The van der Waals surface area contributed by atoms with E-state index in [9.17, 15) is 9.18 Å². The number of halogens is 1. The predicted molar refractivity (Wildman–Crippen MR) is 110 cm³/mol. The molecule has 0 unspecified atom stereocenters. The van der Waals surface area contributed by atoms with Crippen LogP contribution in [0.2, 0.25) is 0 Å². The molecule has 0 atom stereocenters. The fraction of sp³-hybridized carbons (Fsp3) is 0.318. The summed E-state index contributed by atoms with van der Waals surface area (Å²) < 4.78 is 14.3. The Balaban J connectivity index is 1.33. The fourth-order valence-corrected chi connectivity index (χ4v) is 4.74. The number of nitrogens with one attached hydrogen (secondary N) is 2. The Kier molecular flexibility index (Phi) is 5.12. The van der Waals surface area contributed by atoms with Crippen LogP contribution in [0.5, 0.6) is 0 Å². The second kappa shape index (κ2) is 7.69. The normalized spacial score (nSPS) is 19.8. The van der Waals surface area contributed by atoms with Crippen molar-refractivity contribution in [2.24, 2.45) is 0 Å². The first-order valence-electron chi connectivity index (χ1n) is 9.40. The third-order valence-electron chi connectivity index (χ3n) is 5.21. The number of fused-ring (bicyclic) bond motifs is 1. The van der Waals surface area contributed by atoms with Crippen LogP contribution in [0.4, 0.5) is 10.1 Å². The summed E-state index contributed by atoms with van der Waals surface area (Å²) in [5.74, 6) is -0.445. The summed E-state index contributed by atoms with van der Waals surface area (Å²) in [7, 11) is 0. The van der Waals surface area contributed by atoms with E-state index < -0.39 is 0 Å². The highest BCUT2D eigenvalue weighted by molar-refractivity contribution is 7.19. The van der Waals surface area contributed by atoms with Crippen LogP contribution in [0.3, 0.4) is 0 Å². The average molecular weight is 383 g/mol. The van der Waals surface area contributed by atoms with Gasteiger partial charge in [-0.3, -0.25) is 4.79 Å². The number of benzene rings is 2. The van der Waals surface area contributed by atoms with Gasteiger partial charge in [0.25, 0.3) is 5.91 Å². The predicted octanol–water partition coefficient (Wildman–Crippen LogP) is 5.50. The van der Waals surface area contributed by atoms with Crippen molar-refractivity contribution in [2.75, 3.05) is 5.32 Å². The molecule has 3 nitrogen and oxygen atoms in total. The molecular formula is C22H23FN2OS. The highest BCUT2D eigenvalue weighted by atomic mass is 32.1. The van der Waals surface area contributed by atoms with Crippen molar-refractivity contribution in [3.63, 3.8) is 0 Å². The Morgan fingerprint density at radius 2 is 1.74 bits per heavy atom. The fourth-order valence-electron chi connectivity index (χ4n) is 3.79. The van der Waals surface area contributed by atoms with Crippen molar-refractivity contribution >= 4 is 33.0 Å². The van der Waals surface area contributed by atoms with Crippen molar-refractivity contribution < 1.29 is 9.18 Å². The summed E-state index contributed by atoms with van der Waals surface area (Å²) in [4.78, 5) is 13.6. The van der Waals surface area contributed by atoms with Gasteiger partial charge in [-0.05, 0) is 75.1 Å². The van der Waals surface area contributed by atoms with Crippen LogP contribution in [-0.4, -0.2) is 18.0 Å². The molecule has 2 N–H and O–H groups in total. The van der Waals surface area contributed by atoms with Gasteiger partial charge in [-0.1, -0.05) is 6.07 Å². The summed E-state index contributed by atoms with van der Waals surface area (Å²) in [6, 6.07) is 15.0. The molecule has 1 aliphatic carbocycles. The lowest BCUT2D eigenvalue weighted by Crippen LogP contribution is -2.40. The summed E-state index contributed by atoms with van der Waals surface area (Å²) in [5, 5.41) is 8.08. The molecule has 0 bridgehead atoms. The van der Waals surface area contributed by atoms with E-state index in [0.717, 1.165) is 25.7 Å². The Morgan fingerprint density at radius 1 is 1.04 bits per heavy atom. The number of hydrogen-bond donors (Lipinski definition) is 2. The molecule has 1 aromatic heterocycles. The lowest BCUT2D eigenvalue weighted by Gasteiger charge is -2.30. The minimum atomic E-state index is -0.325. The molecule has 1 saturated carbocycles. The van der Waals surface area contributed by atoms with Gasteiger partial charge in [-0.15, -0.1) is 11.3 Å². The van der Waals surface area contributed by atoms with Crippen LogP contribution in [-0.2, 0) is 0 Å². The van der Waals surface area contributed by atoms with Gasteiger partial charge >= 0.3 is 0 Å². The molecule has 1 aliphatic rings. The van der Waals surface area contributed by atoms with E-state index >= 15 is 0 Å². The maximum absolute atomic E-state index is 13.0. The summed E-state index contributed by atoms with van der Waals surface area (Å²) in [6.07, 6.45) is 3.94. The van der Waals surface area contributed by atoms with Crippen molar-refractivity contribution in [1.82, 2.24) is 5.32 Å². The molecule has 140 valence electrons. The van der Waals surface area contributed by atoms with Crippen LogP contribution >= 0.6 is 11.3 Å². The number of carbonyl (C=O) groups excluding carboxylic acids is 1. The van der Waals surface area contributed by atoms with E-state index in [1.165, 1.54) is 44.9 Å². The topological polar surface area (TPSA) is 41.1 Å². The zero-order valence-corrected chi connectivity index (χ0v) is 16.1. The minimum Gasteiger partial charge on any atom is -0.382 e. The monoisotopic (exact) mass is 382 g/mol. The van der Waals surface area contributed by atoms with Gasteiger partial charge in [0.15, 0.2) is 0 Å². The number of thiophene rings is 1. The van der Waals surface area contributed by atoms with Crippen LogP contribution in [0.1, 0.15) is 40.9 Å². The first-order valence-corrected chi connectivity index (χ1v) is 10.2. The SMILES string of the molecule is Cc1cc2c(N[C@H]3CC[C@@H](NC(=O)c4ccc(F)cc4)CC3)cccc2s1. The third-order valence-corrected chi connectivity index (χ3v) is 6.23. The zero-order chi connectivity index (χ0) is 18.8. The number of aryl methyl sites for hydroxylation is 1. The standard InChI is InChI=1S/C22H23FN2OS/c1-14-13-19-20(3-2-4-21(19)27-14)24-17-9-11-18(12-10-17)25-22(26)15-5-7-16(23)8-6-15/h2-8,13,17-18,24H,9-12H2,1H3,(H,25,26)/t17-,18+. The van der Waals surface area contributed by atoms with Crippen molar-refractivity contribution in [3.05, 3.63) is 64.8 Å². The molecule has 2 aromatic carbocycles. The second-order valence-corrected chi connectivity index (χ2v) is 8.54. The average Bonchev–Trinajstić information content (AvgIpc) is 3.05. The second-order valence-electron chi connectivity index (χ2n) is 7.25. The lowest BCUT2D eigenvalue weighted by atomic mass is 9.90. The van der Waals surface area contributed by atoms with E-state index in [2.05, 4.69) is 41.8 Å². The van der Waals surface area contributed by atoms with E-state index in [0.29, 0.717) is 11.6 Å². The molecule has 1 amide bonds. The molecule has 0 aliphatic heterocycles. The number of amides is 1. The molecule has 4 rings (SSSR count). The van der Waals surface area contributed by atoms with Crippen molar-refractivity contribution in [2.45, 2.75) is 44.7 Å².